The first-order valence-electron chi connectivity index (χ1n) is 11.5. The Balaban J connectivity index is 1.21. The van der Waals surface area contributed by atoms with Crippen LogP contribution in [0.1, 0.15) is 29.6 Å². The lowest BCUT2D eigenvalue weighted by Crippen LogP contribution is -2.49. The molecule has 0 saturated carbocycles. The molecule has 2 aliphatic rings. The number of carbonyl (C=O) groups excluding carboxylic acids is 3. The molecule has 0 spiro atoms. The van der Waals surface area contributed by atoms with E-state index in [1.807, 2.05) is 4.90 Å². The molecule has 11 heteroatoms. The highest BCUT2D eigenvalue weighted by Crippen LogP contribution is 2.23. The Bertz CT molecular complexity index is 1180. The smallest absolute Gasteiger partial charge is 0.251 e. The minimum absolute atomic E-state index is 0.0814. The van der Waals surface area contributed by atoms with Crippen molar-refractivity contribution < 1.29 is 27.2 Å². The van der Waals surface area contributed by atoms with Gasteiger partial charge in [0.2, 0.25) is 21.8 Å². The number of amides is 3. The van der Waals surface area contributed by atoms with E-state index < -0.39 is 10.0 Å². The molecular formula is C24H27FN4O5S. The molecule has 2 saturated heterocycles. The molecule has 2 aromatic rings. The van der Waals surface area contributed by atoms with Crippen molar-refractivity contribution in [1.82, 2.24) is 9.62 Å². The van der Waals surface area contributed by atoms with Gasteiger partial charge in [-0.25, -0.2) is 12.8 Å². The van der Waals surface area contributed by atoms with Gasteiger partial charge in [-0.3, -0.25) is 19.3 Å². The number of benzene rings is 2. The van der Waals surface area contributed by atoms with E-state index in [0.717, 1.165) is 10.6 Å². The highest BCUT2D eigenvalue weighted by molar-refractivity contribution is 7.89. The van der Waals surface area contributed by atoms with Crippen LogP contribution in [0.4, 0.5) is 15.8 Å². The fourth-order valence-electron chi connectivity index (χ4n) is 4.19. The highest BCUT2D eigenvalue weighted by Gasteiger charge is 2.30. The number of carbonyl (C=O) groups is 3. The number of sulfonamides is 1. The Hall–Kier alpha value is -3.31. The first-order chi connectivity index (χ1) is 16.7. The van der Waals surface area contributed by atoms with E-state index >= 15 is 0 Å². The molecule has 186 valence electrons. The minimum Gasteiger partial charge on any atom is -0.369 e. The number of hydrogen-bond donors (Lipinski definition) is 1. The molecule has 0 atom stereocenters. The van der Waals surface area contributed by atoms with Crippen LogP contribution < -0.4 is 15.1 Å². The van der Waals surface area contributed by atoms with Gasteiger partial charge in [-0.2, -0.15) is 4.31 Å². The van der Waals surface area contributed by atoms with Crippen LogP contribution in [-0.4, -0.2) is 68.9 Å². The lowest BCUT2D eigenvalue weighted by molar-refractivity contribution is -0.121. The molecular weight excluding hydrogens is 475 g/mol. The van der Waals surface area contributed by atoms with Gasteiger partial charge >= 0.3 is 0 Å². The summed E-state index contributed by atoms with van der Waals surface area (Å²) in [4.78, 5) is 39.2. The highest BCUT2D eigenvalue weighted by atomic mass is 32.2. The number of nitrogens with zero attached hydrogens (tertiary/aromatic N) is 3. The molecule has 4 rings (SSSR count). The molecule has 2 aliphatic heterocycles. The summed E-state index contributed by atoms with van der Waals surface area (Å²) in [5.41, 5.74) is 1.64. The summed E-state index contributed by atoms with van der Waals surface area (Å²) in [6, 6.07) is 12.3. The van der Waals surface area contributed by atoms with Gasteiger partial charge in [0.05, 0.1) is 11.4 Å². The van der Waals surface area contributed by atoms with Crippen molar-refractivity contribution in [3.05, 3.63) is 59.9 Å². The molecule has 0 bridgehead atoms. The number of rotatable bonds is 8. The number of hydrogen-bond acceptors (Lipinski definition) is 6. The number of imide groups is 1. The molecule has 35 heavy (non-hydrogen) atoms. The van der Waals surface area contributed by atoms with E-state index in [2.05, 4.69) is 5.32 Å². The summed E-state index contributed by atoms with van der Waals surface area (Å²) >= 11 is 0. The van der Waals surface area contributed by atoms with Crippen molar-refractivity contribution in [2.75, 3.05) is 48.3 Å². The lowest BCUT2D eigenvalue weighted by Gasteiger charge is -2.35. The monoisotopic (exact) mass is 502 g/mol. The standard InChI is InChI=1S/C24H27FN4O5S/c25-19-4-8-20(9-5-19)27-13-15-28(16-14-27)35(33,34)17-1-12-26-24(32)18-2-6-21(7-3-18)29-22(30)10-11-23(29)31/h2-9H,1,10-17H2,(H,26,32). The normalized spacial score (nSPS) is 17.2. The maximum absolute atomic E-state index is 13.1. The second kappa shape index (κ2) is 10.5. The van der Waals surface area contributed by atoms with Gasteiger partial charge in [-0.1, -0.05) is 0 Å². The van der Waals surface area contributed by atoms with Crippen LogP contribution in [-0.2, 0) is 19.6 Å². The van der Waals surface area contributed by atoms with Crippen LogP contribution in [0.25, 0.3) is 0 Å². The average Bonchev–Trinajstić information content (AvgIpc) is 3.20. The number of nitrogens with one attached hydrogen (secondary N) is 1. The van der Waals surface area contributed by atoms with Gasteiger partial charge in [0.25, 0.3) is 5.91 Å². The Morgan fingerprint density at radius 1 is 0.857 bits per heavy atom. The first kappa shape index (κ1) is 24.8. The van der Waals surface area contributed by atoms with Gasteiger partial charge in [0.1, 0.15) is 5.82 Å². The molecule has 1 N–H and O–H groups in total. The van der Waals surface area contributed by atoms with Crippen molar-refractivity contribution in [2.45, 2.75) is 19.3 Å². The van der Waals surface area contributed by atoms with E-state index in [4.69, 9.17) is 0 Å². The van der Waals surface area contributed by atoms with Crippen molar-refractivity contribution in [3.63, 3.8) is 0 Å². The van der Waals surface area contributed by atoms with Crippen LogP contribution in [0.3, 0.4) is 0 Å². The van der Waals surface area contributed by atoms with Crippen LogP contribution in [0.2, 0.25) is 0 Å². The van der Waals surface area contributed by atoms with Gasteiger partial charge in [-0.15, -0.1) is 0 Å². The fraction of sp³-hybridized carbons (Fsp3) is 0.375. The molecule has 0 aromatic heterocycles. The summed E-state index contributed by atoms with van der Waals surface area (Å²) in [6.45, 7) is 1.93. The summed E-state index contributed by atoms with van der Waals surface area (Å²) < 4.78 is 39.9. The Morgan fingerprint density at radius 2 is 1.43 bits per heavy atom. The summed E-state index contributed by atoms with van der Waals surface area (Å²) in [7, 11) is -3.46. The van der Waals surface area contributed by atoms with Crippen molar-refractivity contribution >= 4 is 39.1 Å². The largest absolute Gasteiger partial charge is 0.369 e. The second-order valence-corrected chi connectivity index (χ2v) is 10.5. The van der Waals surface area contributed by atoms with Crippen LogP contribution in [0.15, 0.2) is 48.5 Å². The van der Waals surface area contributed by atoms with E-state index in [1.165, 1.54) is 28.6 Å². The third-order valence-corrected chi connectivity index (χ3v) is 8.08. The first-order valence-corrected chi connectivity index (χ1v) is 13.1. The van der Waals surface area contributed by atoms with Gasteiger partial charge in [0, 0.05) is 56.8 Å². The quantitative estimate of drug-likeness (QED) is 0.435. The summed E-state index contributed by atoms with van der Waals surface area (Å²) in [5, 5.41) is 2.71. The topological polar surface area (TPSA) is 107 Å². The van der Waals surface area contributed by atoms with Crippen LogP contribution >= 0.6 is 0 Å². The van der Waals surface area contributed by atoms with Crippen LogP contribution in [0, 0.1) is 5.82 Å². The van der Waals surface area contributed by atoms with Gasteiger partial charge in [0.15, 0.2) is 0 Å². The van der Waals surface area contributed by atoms with Gasteiger partial charge in [-0.05, 0) is 55.0 Å². The van der Waals surface area contributed by atoms with Gasteiger partial charge < -0.3 is 10.2 Å². The van der Waals surface area contributed by atoms with Crippen molar-refractivity contribution in [2.24, 2.45) is 0 Å². The molecule has 2 fully saturated rings. The molecule has 2 heterocycles. The summed E-state index contributed by atoms with van der Waals surface area (Å²) in [5.74, 6) is -1.27. The van der Waals surface area contributed by atoms with Crippen molar-refractivity contribution in [3.8, 4) is 0 Å². The average molecular weight is 503 g/mol. The molecule has 3 amide bonds. The zero-order valence-electron chi connectivity index (χ0n) is 19.2. The number of halogens is 1. The number of piperazine rings is 1. The van der Waals surface area contributed by atoms with E-state index in [0.29, 0.717) is 37.4 Å². The zero-order chi connectivity index (χ0) is 25.0. The Morgan fingerprint density at radius 3 is 2.03 bits per heavy atom. The SMILES string of the molecule is O=C(NCCCS(=O)(=O)N1CCN(c2ccc(F)cc2)CC1)c1ccc(N2C(=O)CCC2=O)cc1. The number of anilines is 2. The van der Waals surface area contributed by atoms with E-state index in [-0.39, 0.29) is 55.1 Å². The Labute approximate surface area is 203 Å². The summed E-state index contributed by atoms with van der Waals surface area (Å²) in [6.07, 6.45) is 0.642. The van der Waals surface area contributed by atoms with Crippen LogP contribution in [0.5, 0.6) is 0 Å². The molecule has 0 radical (unpaired) electrons. The molecule has 0 aliphatic carbocycles. The zero-order valence-corrected chi connectivity index (χ0v) is 20.0. The third-order valence-electron chi connectivity index (χ3n) is 6.13. The van der Waals surface area contributed by atoms with Crippen molar-refractivity contribution in [1.29, 1.82) is 0 Å². The van der Waals surface area contributed by atoms with E-state index in [9.17, 15) is 27.2 Å². The maximum atomic E-state index is 13.1. The molecule has 2 aromatic carbocycles. The predicted molar refractivity (Wildman–Crippen MR) is 129 cm³/mol. The minimum atomic E-state index is -3.46. The fourth-order valence-corrected chi connectivity index (χ4v) is 5.68. The van der Waals surface area contributed by atoms with E-state index in [1.54, 1.807) is 24.3 Å². The Kier molecular flexibility index (Phi) is 7.46. The molecule has 0 unspecified atom stereocenters. The lowest BCUT2D eigenvalue weighted by atomic mass is 10.2. The second-order valence-electron chi connectivity index (χ2n) is 8.46. The molecule has 9 nitrogen and oxygen atoms in total. The predicted octanol–water partition coefficient (Wildman–Crippen LogP) is 1.75. The third kappa shape index (κ3) is 5.85. The maximum Gasteiger partial charge on any atom is 0.251 e.